The van der Waals surface area contributed by atoms with Gasteiger partial charge in [-0.25, -0.2) is 0 Å². The van der Waals surface area contributed by atoms with Gasteiger partial charge in [-0.15, -0.1) is 0 Å². The zero-order valence-corrected chi connectivity index (χ0v) is 11.4. The maximum Gasteiger partial charge on any atom is 0.225 e. The molecular formula is C13H25N3O2. The number of carbonyl (C=O) groups is 1. The van der Waals surface area contributed by atoms with Crippen molar-refractivity contribution in [3.8, 4) is 0 Å². The molecule has 0 aromatic rings. The van der Waals surface area contributed by atoms with Gasteiger partial charge >= 0.3 is 0 Å². The minimum Gasteiger partial charge on any atom is -0.409 e. The molecule has 1 unspecified atom stereocenters. The summed E-state index contributed by atoms with van der Waals surface area (Å²) in [5.74, 6) is 0.428. The van der Waals surface area contributed by atoms with E-state index in [0.717, 1.165) is 25.7 Å². The quantitative estimate of drug-likeness (QED) is 0.264. The average molecular weight is 255 g/mol. The van der Waals surface area contributed by atoms with Gasteiger partial charge in [0, 0.05) is 25.4 Å². The van der Waals surface area contributed by atoms with Gasteiger partial charge in [0.15, 0.2) is 0 Å². The molecule has 0 saturated heterocycles. The maximum absolute atomic E-state index is 12.3. The Bertz CT molecular complexity index is 297. The molecule has 5 heteroatoms. The topological polar surface area (TPSA) is 78.9 Å². The lowest BCUT2D eigenvalue weighted by Gasteiger charge is -2.25. The van der Waals surface area contributed by atoms with Crippen LogP contribution in [-0.4, -0.2) is 35.4 Å². The van der Waals surface area contributed by atoms with E-state index in [1.54, 1.807) is 11.9 Å². The van der Waals surface area contributed by atoms with Gasteiger partial charge in [-0.2, -0.15) is 0 Å². The van der Waals surface area contributed by atoms with Crippen LogP contribution in [0.1, 0.15) is 45.4 Å². The second-order valence-electron chi connectivity index (χ2n) is 5.33. The van der Waals surface area contributed by atoms with Crippen molar-refractivity contribution in [2.75, 3.05) is 13.6 Å². The van der Waals surface area contributed by atoms with E-state index in [4.69, 9.17) is 10.9 Å². The van der Waals surface area contributed by atoms with Crippen LogP contribution in [0.2, 0.25) is 0 Å². The van der Waals surface area contributed by atoms with Gasteiger partial charge in [-0.1, -0.05) is 37.8 Å². The Balaban J connectivity index is 2.49. The highest BCUT2D eigenvalue weighted by Gasteiger charge is 2.24. The van der Waals surface area contributed by atoms with Gasteiger partial charge in [0.1, 0.15) is 5.84 Å². The van der Waals surface area contributed by atoms with Crippen LogP contribution in [0.25, 0.3) is 0 Å². The zero-order valence-electron chi connectivity index (χ0n) is 11.4. The number of amidine groups is 1. The minimum absolute atomic E-state index is 0.116. The number of hydrogen-bond donors (Lipinski definition) is 2. The molecule has 1 amide bonds. The fraction of sp³-hybridized carbons (Fsp3) is 0.846. The fourth-order valence-electron chi connectivity index (χ4n) is 2.53. The molecule has 0 heterocycles. The molecule has 0 aromatic heterocycles. The van der Waals surface area contributed by atoms with E-state index in [1.807, 2.05) is 6.92 Å². The molecule has 1 aliphatic carbocycles. The first-order chi connectivity index (χ1) is 8.56. The van der Waals surface area contributed by atoms with E-state index < -0.39 is 0 Å². The van der Waals surface area contributed by atoms with Crippen LogP contribution in [-0.2, 0) is 4.79 Å². The number of nitrogens with two attached hydrogens (primary N) is 1. The van der Waals surface area contributed by atoms with Gasteiger partial charge in [0.25, 0.3) is 0 Å². The Labute approximate surface area is 109 Å². The Morgan fingerprint density at radius 2 is 1.94 bits per heavy atom. The summed E-state index contributed by atoms with van der Waals surface area (Å²) in [4.78, 5) is 14.0. The van der Waals surface area contributed by atoms with Gasteiger partial charge in [0.05, 0.1) is 0 Å². The second-order valence-corrected chi connectivity index (χ2v) is 5.33. The molecule has 104 valence electrons. The lowest BCUT2D eigenvalue weighted by atomic mass is 9.98. The number of oxime groups is 1. The molecule has 1 aliphatic rings. The van der Waals surface area contributed by atoms with Gasteiger partial charge in [-0.05, 0) is 12.8 Å². The summed E-state index contributed by atoms with van der Waals surface area (Å²) < 4.78 is 0. The summed E-state index contributed by atoms with van der Waals surface area (Å²) in [7, 11) is 1.80. The summed E-state index contributed by atoms with van der Waals surface area (Å²) >= 11 is 0. The van der Waals surface area contributed by atoms with Crippen LogP contribution in [0.5, 0.6) is 0 Å². The monoisotopic (exact) mass is 255 g/mol. The van der Waals surface area contributed by atoms with E-state index in [1.165, 1.54) is 12.8 Å². The predicted octanol–water partition coefficient (Wildman–Crippen LogP) is 1.80. The van der Waals surface area contributed by atoms with Crippen molar-refractivity contribution in [1.29, 1.82) is 0 Å². The van der Waals surface area contributed by atoms with Gasteiger partial charge in [-0.3, -0.25) is 4.79 Å². The zero-order chi connectivity index (χ0) is 13.5. The maximum atomic E-state index is 12.3. The highest BCUT2D eigenvalue weighted by Crippen LogP contribution is 2.24. The van der Waals surface area contributed by atoms with E-state index in [-0.39, 0.29) is 23.6 Å². The van der Waals surface area contributed by atoms with Crippen molar-refractivity contribution < 1.29 is 10.0 Å². The van der Waals surface area contributed by atoms with E-state index >= 15 is 0 Å². The molecule has 5 nitrogen and oxygen atoms in total. The van der Waals surface area contributed by atoms with Crippen molar-refractivity contribution in [3.63, 3.8) is 0 Å². The first kappa shape index (κ1) is 14.8. The second kappa shape index (κ2) is 7.24. The highest BCUT2D eigenvalue weighted by atomic mass is 16.4. The molecule has 0 bridgehead atoms. The Morgan fingerprint density at radius 1 is 1.39 bits per heavy atom. The molecule has 1 fully saturated rings. The number of carbonyl (C=O) groups excluding carboxylic acids is 1. The largest absolute Gasteiger partial charge is 0.409 e. The van der Waals surface area contributed by atoms with Gasteiger partial charge in [0.2, 0.25) is 5.91 Å². The van der Waals surface area contributed by atoms with Crippen LogP contribution < -0.4 is 5.73 Å². The molecule has 0 aliphatic heterocycles. The van der Waals surface area contributed by atoms with E-state index in [9.17, 15) is 4.79 Å². The summed E-state index contributed by atoms with van der Waals surface area (Å²) in [6.45, 7) is 2.36. The van der Waals surface area contributed by atoms with Gasteiger partial charge < -0.3 is 15.8 Å². The first-order valence-electron chi connectivity index (χ1n) is 6.78. The molecule has 0 radical (unpaired) electrons. The predicted molar refractivity (Wildman–Crippen MR) is 71.4 cm³/mol. The normalized spacial score (nSPS) is 20.2. The molecule has 3 N–H and O–H groups in total. The van der Waals surface area contributed by atoms with Crippen molar-refractivity contribution in [2.45, 2.75) is 45.4 Å². The van der Waals surface area contributed by atoms with Crippen molar-refractivity contribution >= 4 is 11.7 Å². The number of rotatable bonds is 4. The lowest BCUT2D eigenvalue weighted by molar-refractivity contribution is -0.134. The Hall–Kier alpha value is -1.26. The third-order valence-electron chi connectivity index (χ3n) is 3.75. The Morgan fingerprint density at radius 3 is 2.44 bits per heavy atom. The SMILES string of the molecule is CC(CN(C)C(=O)C1CCCCCC1)C(N)=NO. The third kappa shape index (κ3) is 4.20. The molecule has 0 aromatic carbocycles. The molecule has 1 rings (SSSR count). The smallest absolute Gasteiger partial charge is 0.225 e. The van der Waals surface area contributed by atoms with Crippen molar-refractivity contribution in [3.05, 3.63) is 0 Å². The first-order valence-corrected chi connectivity index (χ1v) is 6.78. The lowest BCUT2D eigenvalue weighted by Crippen LogP contribution is -2.39. The highest BCUT2D eigenvalue weighted by molar-refractivity contribution is 5.83. The number of nitrogens with zero attached hydrogens (tertiary/aromatic N) is 2. The summed E-state index contributed by atoms with van der Waals surface area (Å²) in [6.07, 6.45) is 6.80. The van der Waals surface area contributed by atoms with Crippen LogP contribution in [0.3, 0.4) is 0 Å². The molecular weight excluding hydrogens is 230 g/mol. The minimum atomic E-state index is -0.116. The molecule has 18 heavy (non-hydrogen) atoms. The standard InChI is InChI=1S/C13H25N3O2/c1-10(12(14)15-18)9-16(2)13(17)11-7-5-3-4-6-8-11/h10-11,18H,3-9H2,1-2H3,(H2,14,15). The average Bonchev–Trinajstić information content (AvgIpc) is 2.65. The molecule has 0 spiro atoms. The van der Waals surface area contributed by atoms with E-state index in [2.05, 4.69) is 5.16 Å². The van der Waals surface area contributed by atoms with Crippen molar-refractivity contribution in [2.24, 2.45) is 22.7 Å². The number of hydrogen-bond acceptors (Lipinski definition) is 3. The van der Waals surface area contributed by atoms with Crippen LogP contribution in [0.15, 0.2) is 5.16 Å². The van der Waals surface area contributed by atoms with Crippen molar-refractivity contribution in [1.82, 2.24) is 4.90 Å². The molecule has 1 saturated carbocycles. The van der Waals surface area contributed by atoms with Crippen LogP contribution in [0, 0.1) is 11.8 Å². The summed E-state index contributed by atoms with van der Waals surface area (Å²) in [5, 5.41) is 11.6. The molecule has 1 atom stereocenters. The van der Waals surface area contributed by atoms with E-state index in [0.29, 0.717) is 6.54 Å². The fourth-order valence-corrected chi connectivity index (χ4v) is 2.53. The van der Waals surface area contributed by atoms with Crippen LogP contribution in [0.4, 0.5) is 0 Å². The number of amides is 1. The third-order valence-corrected chi connectivity index (χ3v) is 3.75. The Kier molecular flexibility index (Phi) is 5.95. The van der Waals surface area contributed by atoms with Crippen LogP contribution >= 0.6 is 0 Å². The summed E-state index contributed by atoms with van der Waals surface area (Å²) in [6, 6.07) is 0. The summed E-state index contributed by atoms with van der Waals surface area (Å²) in [5.41, 5.74) is 5.53.